The lowest BCUT2D eigenvalue weighted by atomic mass is 9.89. The highest BCUT2D eigenvalue weighted by molar-refractivity contribution is 9.09. The largest absolute Gasteiger partial charge is 0.269 e. The smallest absolute Gasteiger partial charge is 0.0624 e. The van der Waals surface area contributed by atoms with Crippen LogP contribution in [0.5, 0.6) is 0 Å². The van der Waals surface area contributed by atoms with Crippen LogP contribution in [0.2, 0.25) is 0 Å². The first-order valence-corrected chi connectivity index (χ1v) is 8.48. The Bertz CT molecular complexity index is 361. The second-order valence-corrected chi connectivity index (χ2v) is 7.59. The van der Waals surface area contributed by atoms with E-state index in [-0.39, 0.29) is 0 Å². The molecule has 1 rings (SSSR count). The average molecular weight is 329 g/mol. The highest BCUT2D eigenvalue weighted by Crippen LogP contribution is 2.29. The fourth-order valence-corrected chi connectivity index (χ4v) is 2.60. The van der Waals surface area contributed by atoms with Crippen molar-refractivity contribution in [3.8, 4) is 0 Å². The van der Waals surface area contributed by atoms with E-state index < -0.39 is 0 Å². The van der Waals surface area contributed by atoms with Gasteiger partial charge in [0.1, 0.15) is 0 Å². The molecule has 19 heavy (non-hydrogen) atoms. The fraction of sp³-hybridized carbons (Fsp3) is 0.812. The molecule has 1 atom stereocenters. The van der Waals surface area contributed by atoms with E-state index in [0.717, 1.165) is 19.3 Å². The van der Waals surface area contributed by atoms with E-state index in [1.54, 1.807) is 0 Å². The molecule has 110 valence electrons. The quantitative estimate of drug-likeness (QED) is 0.614. The molecular weight excluding hydrogens is 300 g/mol. The van der Waals surface area contributed by atoms with E-state index >= 15 is 0 Å². The van der Waals surface area contributed by atoms with Gasteiger partial charge in [0.25, 0.3) is 0 Å². The monoisotopic (exact) mass is 328 g/mol. The first kappa shape index (κ1) is 16.7. The summed E-state index contributed by atoms with van der Waals surface area (Å²) in [6.07, 6.45) is 7.96. The summed E-state index contributed by atoms with van der Waals surface area (Å²) in [6.45, 7) is 11.3. The molecule has 1 unspecified atom stereocenters. The van der Waals surface area contributed by atoms with Crippen LogP contribution in [0.1, 0.15) is 72.0 Å². The molecule has 0 saturated heterocycles. The van der Waals surface area contributed by atoms with Crippen LogP contribution in [0.25, 0.3) is 0 Å². The molecule has 0 amide bonds. The summed E-state index contributed by atoms with van der Waals surface area (Å²) in [5.41, 5.74) is 1.58. The predicted octanol–water partition coefficient (Wildman–Crippen LogP) is 5.38. The van der Waals surface area contributed by atoms with Gasteiger partial charge in [-0.25, -0.2) is 0 Å². The van der Waals surface area contributed by atoms with E-state index in [2.05, 4.69) is 67.5 Å². The Kier molecular flexibility index (Phi) is 6.58. The van der Waals surface area contributed by atoms with E-state index in [0.29, 0.717) is 16.3 Å². The van der Waals surface area contributed by atoms with Gasteiger partial charge in [0.2, 0.25) is 0 Å². The van der Waals surface area contributed by atoms with Crippen LogP contribution in [0, 0.1) is 5.41 Å². The Balaban J connectivity index is 2.43. The molecule has 1 heterocycles. The summed E-state index contributed by atoms with van der Waals surface area (Å²) in [4.78, 5) is 0.584. The molecule has 0 saturated carbocycles. The number of hydrogen-bond donors (Lipinski definition) is 0. The Morgan fingerprint density at radius 2 is 1.89 bits per heavy atom. The zero-order chi connectivity index (χ0) is 14.5. The fourth-order valence-electron chi connectivity index (χ4n) is 2.27. The second kappa shape index (κ2) is 7.47. The zero-order valence-corrected chi connectivity index (χ0v) is 14.7. The van der Waals surface area contributed by atoms with Gasteiger partial charge in [0, 0.05) is 11.0 Å². The van der Waals surface area contributed by atoms with Gasteiger partial charge in [0.05, 0.1) is 11.7 Å². The van der Waals surface area contributed by atoms with Crippen molar-refractivity contribution in [2.24, 2.45) is 5.41 Å². The number of alkyl halides is 1. The standard InChI is InChI=1S/C16H29BrN2/c1-6-14(7-2)19-12-11-13(18-19)9-8-10-15(17)16(3,4)5/h11-12,14-15H,6-10H2,1-5H3. The molecule has 3 heteroatoms. The number of aryl methyl sites for hydroxylation is 1. The molecular formula is C16H29BrN2. The molecule has 2 nitrogen and oxygen atoms in total. The third kappa shape index (κ3) is 5.29. The lowest BCUT2D eigenvalue weighted by Crippen LogP contribution is -2.20. The maximum absolute atomic E-state index is 4.71. The number of rotatable bonds is 7. The summed E-state index contributed by atoms with van der Waals surface area (Å²) in [5.74, 6) is 0. The summed E-state index contributed by atoms with van der Waals surface area (Å²) in [7, 11) is 0. The molecule has 0 aliphatic rings. The van der Waals surface area contributed by atoms with Gasteiger partial charge >= 0.3 is 0 Å². The maximum Gasteiger partial charge on any atom is 0.0624 e. The van der Waals surface area contributed by atoms with Crippen LogP contribution in [0.3, 0.4) is 0 Å². The van der Waals surface area contributed by atoms with Crippen molar-refractivity contribution in [2.75, 3.05) is 0 Å². The Hall–Kier alpha value is -0.310. The van der Waals surface area contributed by atoms with Gasteiger partial charge in [0.15, 0.2) is 0 Å². The molecule has 0 bridgehead atoms. The second-order valence-electron chi connectivity index (χ2n) is 6.48. The normalized spacial score (nSPS) is 14.1. The van der Waals surface area contributed by atoms with Gasteiger partial charge in [-0.05, 0) is 43.6 Å². The van der Waals surface area contributed by atoms with Crippen molar-refractivity contribution >= 4 is 15.9 Å². The van der Waals surface area contributed by atoms with Crippen LogP contribution in [0.15, 0.2) is 12.3 Å². The lowest BCUT2D eigenvalue weighted by Gasteiger charge is -2.25. The predicted molar refractivity (Wildman–Crippen MR) is 87.0 cm³/mol. The summed E-state index contributed by atoms with van der Waals surface area (Å²) >= 11 is 3.80. The molecule has 1 aromatic heterocycles. The van der Waals surface area contributed by atoms with Crippen LogP contribution < -0.4 is 0 Å². The Labute approximate surface area is 127 Å². The van der Waals surface area contributed by atoms with Crippen molar-refractivity contribution in [2.45, 2.75) is 77.6 Å². The molecule has 1 aromatic rings. The van der Waals surface area contributed by atoms with Crippen molar-refractivity contribution in [3.63, 3.8) is 0 Å². The molecule has 0 aliphatic heterocycles. The van der Waals surface area contributed by atoms with Gasteiger partial charge in [-0.2, -0.15) is 5.10 Å². The minimum Gasteiger partial charge on any atom is -0.269 e. The molecule has 0 fully saturated rings. The minimum absolute atomic E-state index is 0.342. The lowest BCUT2D eigenvalue weighted by molar-refractivity contribution is 0.379. The van der Waals surface area contributed by atoms with E-state index in [1.807, 2.05) is 0 Å². The van der Waals surface area contributed by atoms with Crippen LogP contribution in [-0.2, 0) is 6.42 Å². The van der Waals surface area contributed by atoms with Crippen molar-refractivity contribution in [1.82, 2.24) is 9.78 Å². The van der Waals surface area contributed by atoms with Gasteiger partial charge in [-0.1, -0.05) is 50.5 Å². The molecule has 0 aromatic carbocycles. The third-order valence-corrected chi connectivity index (χ3v) is 5.64. The van der Waals surface area contributed by atoms with Crippen LogP contribution >= 0.6 is 15.9 Å². The Morgan fingerprint density at radius 1 is 1.26 bits per heavy atom. The van der Waals surface area contributed by atoms with Crippen molar-refractivity contribution in [3.05, 3.63) is 18.0 Å². The molecule has 0 N–H and O–H groups in total. The third-order valence-electron chi connectivity index (χ3n) is 3.81. The van der Waals surface area contributed by atoms with Gasteiger partial charge in [-0.15, -0.1) is 0 Å². The number of aromatic nitrogens is 2. The SMILES string of the molecule is CCC(CC)n1ccc(CCCC(Br)C(C)(C)C)n1. The van der Waals surface area contributed by atoms with Crippen molar-refractivity contribution in [1.29, 1.82) is 0 Å². The summed E-state index contributed by atoms with van der Waals surface area (Å²) < 4.78 is 2.14. The van der Waals surface area contributed by atoms with E-state index in [9.17, 15) is 0 Å². The van der Waals surface area contributed by atoms with E-state index in [4.69, 9.17) is 5.10 Å². The zero-order valence-electron chi connectivity index (χ0n) is 13.1. The highest BCUT2D eigenvalue weighted by Gasteiger charge is 2.21. The van der Waals surface area contributed by atoms with Crippen LogP contribution in [-0.4, -0.2) is 14.6 Å². The van der Waals surface area contributed by atoms with Crippen molar-refractivity contribution < 1.29 is 0 Å². The highest BCUT2D eigenvalue weighted by atomic mass is 79.9. The molecule has 0 spiro atoms. The Morgan fingerprint density at radius 3 is 2.42 bits per heavy atom. The van der Waals surface area contributed by atoms with Gasteiger partial charge < -0.3 is 0 Å². The molecule has 0 radical (unpaired) electrons. The first-order chi connectivity index (χ1) is 8.88. The minimum atomic E-state index is 0.342. The van der Waals surface area contributed by atoms with E-state index in [1.165, 1.54) is 18.5 Å². The topological polar surface area (TPSA) is 17.8 Å². The molecule has 0 aliphatic carbocycles. The average Bonchev–Trinajstić information content (AvgIpc) is 2.78. The summed E-state index contributed by atoms with van der Waals surface area (Å²) in [6, 6.07) is 2.74. The van der Waals surface area contributed by atoms with Gasteiger partial charge in [-0.3, -0.25) is 4.68 Å². The number of hydrogen-bond acceptors (Lipinski definition) is 1. The first-order valence-electron chi connectivity index (χ1n) is 7.56. The van der Waals surface area contributed by atoms with Crippen LogP contribution in [0.4, 0.5) is 0 Å². The number of nitrogens with zero attached hydrogens (tertiary/aromatic N) is 2. The number of halogens is 1. The summed E-state index contributed by atoms with van der Waals surface area (Å²) in [5, 5.41) is 4.71. The maximum atomic E-state index is 4.71.